The smallest absolute Gasteiger partial charge is 0.347 e. The highest BCUT2D eigenvalue weighted by molar-refractivity contribution is 6.34. The fourth-order valence-corrected chi connectivity index (χ4v) is 4.67. The highest BCUT2D eigenvalue weighted by Crippen LogP contribution is 2.33. The highest BCUT2D eigenvalue weighted by Gasteiger charge is 2.37. The number of hydrogen-bond donors (Lipinski definition) is 0. The van der Waals surface area contributed by atoms with Gasteiger partial charge in [0.2, 0.25) is 11.8 Å². The number of para-hydroxylation sites is 2. The van der Waals surface area contributed by atoms with Crippen molar-refractivity contribution in [1.82, 2.24) is 9.97 Å². The van der Waals surface area contributed by atoms with Crippen LogP contribution in [0.5, 0.6) is 0 Å². The first kappa shape index (κ1) is 22.5. The zero-order valence-corrected chi connectivity index (χ0v) is 20.0. The van der Waals surface area contributed by atoms with Gasteiger partial charge in [-0.05, 0) is 60.7 Å². The summed E-state index contributed by atoms with van der Waals surface area (Å²) in [7, 11) is 0. The Bertz CT molecular complexity index is 2130. The van der Waals surface area contributed by atoms with E-state index in [-0.39, 0.29) is 28.6 Å². The maximum atomic E-state index is 13.5. The molecule has 0 saturated heterocycles. The number of hydrogen-bond acceptors (Lipinski definition) is 8. The first-order valence-electron chi connectivity index (χ1n) is 11.9. The van der Waals surface area contributed by atoms with Crippen LogP contribution >= 0.6 is 0 Å². The number of nitrogens with zero attached hydrogens (tertiary/aromatic N) is 3. The van der Waals surface area contributed by atoms with E-state index in [1.807, 2.05) is 0 Å². The molecule has 7 rings (SSSR count). The molecule has 2 aromatic heterocycles. The molecule has 0 atom stereocenters. The third-order valence-corrected chi connectivity index (χ3v) is 6.56. The van der Waals surface area contributed by atoms with Crippen molar-refractivity contribution in [3.8, 4) is 22.9 Å². The normalized spacial score (nSPS) is 12.9. The molecule has 1 aliphatic rings. The second kappa shape index (κ2) is 8.42. The Morgan fingerprint density at radius 1 is 0.538 bits per heavy atom. The largest absolute Gasteiger partial charge is 0.403 e. The van der Waals surface area contributed by atoms with Gasteiger partial charge < -0.3 is 8.83 Å². The number of aromatic nitrogens is 2. The van der Waals surface area contributed by atoms with Crippen molar-refractivity contribution in [2.45, 2.75) is 0 Å². The minimum atomic E-state index is -0.551. The van der Waals surface area contributed by atoms with Gasteiger partial charge in [0.25, 0.3) is 11.8 Å². The zero-order chi connectivity index (χ0) is 26.7. The molecule has 0 fully saturated rings. The monoisotopic (exact) mass is 513 g/mol. The number of amides is 2. The van der Waals surface area contributed by atoms with Crippen LogP contribution in [0.15, 0.2) is 109 Å². The molecule has 0 bridgehead atoms. The van der Waals surface area contributed by atoms with Crippen molar-refractivity contribution in [3.05, 3.63) is 123 Å². The summed E-state index contributed by atoms with van der Waals surface area (Å²) in [4.78, 5) is 61.5. The minimum absolute atomic E-state index is 0.0413. The Kier molecular flexibility index (Phi) is 4.86. The Morgan fingerprint density at radius 3 is 1.74 bits per heavy atom. The summed E-state index contributed by atoms with van der Waals surface area (Å²) in [5.74, 6) is -0.957. The molecule has 0 aliphatic carbocycles. The van der Waals surface area contributed by atoms with Gasteiger partial charge in [-0.25, -0.2) is 24.5 Å². The molecule has 186 valence electrons. The first-order valence-corrected chi connectivity index (χ1v) is 11.9. The molecule has 4 aromatic carbocycles. The zero-order valence-electron chi connectivity index (χ0n) is 20.0. The standard InChI is InChI=1S/C30H15N3O6/c34-27-19-13-12-17(26-32-24-11-4-2-9-21(24)30(37)39-26)15-22(19)28(35)33(27)18-7-5-6-16(14-18)25-31-23-10-3-1-8-20(23)29(36)38-25/h1-15H. The van der Waals surface area contributed by atoms with Crippen LogP contribution < -0.4 is 16.2 Å². The highest BCUT2D eigenvalue weighted by atomic mass is 16.4. The van der Waals surface area contributed by atoms with Crippen LogP contribution in [-0.2, 0) is 0 Å². The van der Waals surface area contributed by atoms with Crippen molar-refractivity contribution in [3.63, 3.8) is 0 Å². The Balaban J connectivity index is 1.27. The van der Waals surface area contributed by atoms with Crippen LogP contribution in [0.3, 0.4) is 0 Å². The summed E-state index contributed by atoms with van der Waals surface area (Å²) in [6.07, 6.45) is 0. The number of carbonyl (C=O) groups excluding carboxylic acids is 2. The summed E-state index contributed by atoms with van der Waals surface area (Å²) in [5.41, 5.74) is 1.28. The molecule has 6 aromatic rings. The van der Waals surface area contributed by atoms with Gasteiger partial charge in [-0.15, -0.1) is 0 Å². The number of imide groups is 1. The van der Waals surface area contributed by atoms with E-state index < -0.39 is 23.1 Å². The van der Waals surface area contributed by atoms with E-state index in [0.29, 0.717) is 32.9 Å². The van der Waals surface area contributed by atoms with Crippen LogP contribution in [0.25, 0.3) is 44.7 Å². The molecule has 9 nitrogen and oxygen atoms in total. The summed E-state index contributed by atoms with van der Waals surface area (Å²) in [6.45, 7) is 0. The Labute approximate surface area is 218 Å². The van der Waals surface area contributed by atoms with Gasteiger partial charge in [-0.2, -0.15) is 0 Å². The molecule has 3 heterocycles. The molecule has 39 heavy (non-hydrogen) atoms. The molecule has 0 saturated carbocycles. The van der Waals surface area contributed by atoms with E-state index in [4.69, 9.17) is 8.83 Å². The van der Waals surface area contributed by atoms with Crippen molar-refractivity contribution < 1.29 is 18.4 Å². The van der Waals surface area contributed by atoms with Gasteiger partial charge in [-0.3, -0.25) is 9.59 Å². The van der Waals surface area contributed by atoms with Crippen LogP contribution in [-0.4, -0.2) is 21.8 Å². The van der Waals surface area contributed by atoms with Gasteiger partial charge in [0.15, 0.2) is 0 Å². The average molecular weight is 513 g/mol. The topological polar surface area (TPSA) is 124 Å². The third-order valence-electron chi connectivity index (χ3n) is 6.56. The van der Waals surface area contributed by atoms with E-state index >= 15 is 0 Å². The summed E-state index contributed by atoms with van der Waals surface area (Å²) in [5, 5.41) is 0.696. The second-order valence-corrected chi connectivity index (χ2v) is 8.90. The van der Waals surface area contributed by atoms with Gasteiger partial charge in [0.05, 0.1) is 38.6 Å². The van der Waals surface area contributed by atoms with Gasteiger partial charge in [-0.1, -0.05) is 30.3 Å². The lowest BCUT2D eigenvalue weighted by Gasteiger charge is -2.14. The number of carbonyl (C=O) groups is 2. The Morgan fingerprint density at radius 2 is 1.10 bits per heavy atom. The molecule has 0 radical (unpaired) electrons. The average Bonchev–Trinajstić information content (AvgIpc) is 3.22. The number of benzene rings is 4. The van der Waals surface area contributed by atoms with Crippen molar-refractivity contribution in [2.75, 3.05) is 4.90 Å². The molecule has 0 spiro atoms. The minimum Gasteiger partial charge on any atom is -0.403 e. The fourth-order valence-electron chi connectivity index (χ4n) is 4.67. The molecule has 0 unspecified atom stereocenters. The number of fused-ring (bicyclic) bond motifs is 3. The van der Waals surface area contributed by atoms with Gasteiger partial charge >= 0.3 is 11.3 Å². The lowest BCUT2D eigenvalue weighted by Crippen LogP contribution is -2.29. The maximum Gasteiger partial charge on any atom is 0.347 e. The lowest BCUT2D eigenvalue weighted by molar-refractivity contribution is 0.0926. The quantitative estimate of drug-likeness (QED) is 0.309. The Hall–Kier alpha value is -5.70. The summed E-state index contributed by atoms with van der Waals surface area (Å²) in [6, 6.07) is 24.7. The molecular formula is C30H15N3O6. The summed E-state index contributed by atoms with van der Waals surface area (Å²) < 4.78 is 10.8. The van der Waals surface area contributed by atoms with Crippen LogP contribution in [0.2, 0.25) is 0 Å². The summed E-state index contributed by atoms with van der Waals surface area (Å²) >= 11 is 0. The van der Waals surface area contributed by atoms with Crippen LogP contribution in [0.1, 0.15) is 20.7 Å². The number of anilines is 1. The lowest BCUT2D eigenvalue weighted by atomic mass is 10.1. The van der Waals surface area contributed by atoms with E-state index in [2.05, 4.69) is 9.97 Å². The molecule has 9 heteroatoms. The second-order valence-electron chi connectivity index (χ2n) is 8.90. The van der Waals surface area contributed by atoms with E-state index in [9.17, 15) is 19.2 Å². The van der Waals surface area contributed by atoms with Crippen LogP contribution in [0, 0.1) is 0 Å². The fraction of sp³-hybridized carbons (Fsp3) is 0. The SMILES string of the molecule is O=C1c2ccc(-c3nc4ccccc4c(=O)o3)cc2C(=O)N1c1cccc(-c2nc3ccccc3c(=O)o2)c1. The molecule has 1 aliphatic heterocycles. The van der Waals surface area contributed by atoms with E-state index in [0.717, 1.165) is 4.90 Å². The predicted octanol–water partition coefficient (Wildman–Crippen LogP) is 4.82. The van der Waals surface area contributed by atoms with Crippen molar-refractivity contribution in [1.29, 1.82) is 0 Å². The van der Waals surface area contributed by atoms with E-state index in [1.165, 1.54) is 12.1 Å². The van der Waals surface area contributed by atoms with Crippen molar-refractivity contribution >= 4 is 39.3 Å². The van der Waals surface area contributed by atoms with Gasteiger partial charge in [0.1, 0.15) is 0 Å². The third kappa shape index (κ3) is 3.56. The maximum absolute atomic E-state index is 13.5. The predicted molar refractivity (Wildman–Crippen MR) is 143 cm³/mol. The number of rotatable bonds is 3. The molecular weight excluding hydrogens is 498 g/mol. The molecule has 0 N–H and O–H groups in total. The first-order chi connectivity index (χ1) is 19.0. The van der Waals surface area contributed by atoms with Crippen molar-refractivity contribution in [2.24, 2.45) is 0 Å². The van der Waals surface area contributed by atoms with Gasteiger partial charge in [0, 0.05) is 11.1 Å². The van der Waals surface area contributed by atoms with E-state index in [1.54, 1.807) is 78.9 Å². The molecule has 2 amide bonds. The van der Waals surface area contributed by atoms with Crippen LogP contribution in [0.4, 0.5) is 5.69 Å².